The summed E-state index contributed by atoms with van der Waals surface area (Å²) >= 11 is 1.41. The lowest BCUT2D eigenvalue weighted by molar-refractivity contribution is -0.497. The number of rotatable bonds is 4. The van der Waals surface area contributed by atoms with Crippen LogP contribution < -0.4 is 5.32 Å². The van der Waals surface area contributed by atoms with Gasteiger partial charge in [-0.05, 0) is 13.3 Å². The molecule has 1 fully saturated rings. The average molecular weight is 255 g/mol. The first-order chi connectivity index (χ1) is 8.02. The molecule has 0 radical (unpaired) electrons. The maximum Gasteiger partial charge on any atom is 0.236 e. The number of hydrogen-bond donors (Lipinski definition) is 1. The van der Waals surface area contributed by atoms with Crippen molar-refractivity contribution in [2.24, 2.45) is 5.92 Å². The highest BCUT2D eigenvalue weighted by molar-refractivity contribution is 7.15. The smallest absolute Gasteiger partial charge is 0.236 e. The molecule has 1 amide bonds. The van der Waals surface area contributed by atoms with E-state index in [1.54, 1.807) is 0 Å². The van der Waals surface area contributed by atoms with Crippen molar-refractivity contribution in [1.29, 1.82) is 0 Å². The van der Waals surface area contributed by atoms with E-state index in [0.717, 1.165) is 17.0 Å². The fourth-order valence-electron chi connectivity index (χ4n) is 1.70. The average Bonchev–Trinajstić information content (AvgIpc) is 2.99. The van der Waals surface area contributed by atoms with Crippen LogP contribution in [0.4, 0.5) is 5.13 Å². The van der Waals surface area contributed by atoms with Gasteiger partial charge in [0.15, 0.2) is 5.13 Å². The second-order valence-corrected chi connectivity index (χ2v) is 5.26. The Balaban J connectivity index is 1.97. The minimum absolute atomic E-state index is 0.289. The van der Waals surface area contributed by atoms with Crippen LogP contribution in [0.5, 0.6) is 0 Å². The summed E-state index contributed by atoms with van der Waals surface area (Å²) in [6, 6.07) is -0.707. The highest BCUT2D eigenvalue weighted by atomic mass is 32.1. The molecule has 2 atom stereocenters. The molecule has 0 unspecified atom stereocenters. The molecule has 2 rings (SSSR count). The first-order valence-electron chi connectivity index (χ1n) is 5.43. The number of hydrogen-bond acceptors (Lipinski definition) is 5. The third kappa shape index (κ3) is 2.44. The molecule has 1 saturated carbocycles. The Morgan fingerprint density at radius 1 is 1.71 bits per heavy atom. The number of anilines is 1. The van der Waals surface area contributed by atoms with Crippen LogP contribution in [0, 0.1) is 23.0 Å². The van der Waals surface area contributed by atoms with Crippen LogP contribution in [0.2, 0.25) is 0 Å². The summed E-state index contributed by atoms with van der Waals surface area (Å²) in [5.74, 6) is -0.776. The maximum atomic E-state index is 11.6. The van der Waals surface area contributed by atoms with Crippen LogP contribution in [0.25, 0.3) is 0 Å². The van der Waals surface area contributed by atoms with Gasteiger partial charge >= 0.3 is 0 Å². The predicted octanol–water partition coefficient (Wildman–Crippen LogP) is 1.62. The van der Waals surface area contributed by atoms with Crippen LogP contribution >= 0.6 is 11.3 Å². The van der Waals surface area contributed by atoms with Crippen molar-refractivity contribution in [1.82, 2.24) is 4.98 Å². The molecule has 6 nitrogen and oxygen atoms in total. The molecule has 1 aliphatic rings. The topological polar surface area (TPSA) is 85.1 Å². The van der Waals surface area contributed by atoms with Gasteiger partial charge in [0.05, 0.1) is 5.69 Å². The van der Waals surface area contributed by atoms with Gasteiger partial charge in [-0.1, -0.05) is 6.92 Å². The molecule has 0 aromatic carbocycles. The molecule has 1 heterocycles. The number of carbonyl (C=O) groups is 1. The lowest BCUT2D eigenvalue weighted by Gasteiger charge is -1.97. The molecule has 1 aromatic heterocycles. The summed E-state index contributed by atoms with van der Waals surface area (Å²) in [7, 11) is 0. The molecular weight excluding hydrogens is 242 g/mol. The van der Waals surface area contributed by atoms with Crippen molar-refractivity contribution < 1.29 is 9.72 Å². The zero-order valence-corrected chi connectivity index (χ0v) is 10.4. The van der Waals surface area contributed by atoms with E-state index in [-0.39, 0.29) is 5.91 Å². The fraction of sp³-hybridized carbons (Fsp3) is 0.600. The Kier molecular flexibility index (Phi) is 3.10. The summed E-state index contributed by atoms with van der Waals surface area (Å²) in [5.41, 5.74) is 0.965. The second kappa shape index (κ2) is 4.40. The maximum absolute atomic E-state index is 11.6. The lowest BCUT2D eigenvalue weighted by Crippen LogP contribution is -2.18. The van der Waals surface area contributed by atoms with Crippen molar-refractivity contribution in [2.45, 2.75) is 32.7 Å². The van der Waals surface area contributed by atoms with Gasteiger partial charge in [-0.25, -0.2) is 4.98 Å². The van der Waals surface area contributed by atoms with Crippen molar-refractivity contribution in [2.75, 3.05) is 5.32 Å². The normalized spacial score (nSPS) is 22.2. The number of amides is 1. The number of nitrogens with one attached hydrogen (secondary N) is 1. The Hall–Kier alpha value is -1.50. The molecule has 0 aliphatic heterocycles. The summed E-state index contributed by atoms with van der Waals surface area (Å²) in [6.45, 7) is 3.94. The van der Waals surface area contributed by atoms with Gasteiger partial charge < -0.3 is 5.32 Å². The van der Waals surface area contributed by atoms with Crippen LogP contribution in [0.3, 0.4) is 0 Å². The van der Waals surface area contributed by atoms with E-state index in [1.165, 1.54) is 11.3 Å². The number of aromatic nitrogens is 1. The Labute approximate surface area is 102 Å². The first kappa shape index (κ1) is 12.0. The molecule has 1 N–H and O–H groups in total. The quantitative estimate of drug-likeness (QED) is 0.654. The van der Waals surface area contributed by atoms with Gasteiger partial charge in [-0.15, -0.1) is 11.3 Å². The zero-order valence-electron chi connectivity index (χ0n) is 9.60. The van der Waals surface area contributed by atoms with E-state index >= 15 is 0 Å². The van der Waals surface area contributed by atoms with Crippen molar-refractivity contribution in [3.63, 3.8) is 0 Å². The standard InChI is InChI=1S/C10H13N3O3S/c1-3-7-5(2)17-10(11-7)12-9(14)6-4-8(6)13(15)16/h6,8H,3-4H2,1-2H3,(H,11,12,14)/t6-,8+/m0/s1. The molecule has 0 saturated heterocycles. The molecule has 1 aliphatic carbocycles. The molecule has 0 spiro atoms. The highest BCUT2D eigenvalue weighted by Gasteiger charge is 2.53. The summed E-state index contributed by atoms with van der Waals surface area (Å²) in [5, 5.41) is 13.6. The number of carbonyl (C=O) groups excluding carboxylic acids is 1. The monoisotopic (exact) mass is 255 g/mol. The first-order valence-corrected chi connectivity index (χ1v) is 6.25. The largest absolute Gasteiger partial charge is 0.301 e. The summed E-state index contributed by atoms with van der Waals surface area (Å²) in [4.78, 5) is 27.0. The number of thiazole rings is 1. The van der Waals surface area contributed by atoms with Crippen LogP contribution in [0.15, 0.2) is 0 Å². The molecular formula is C10H13N3O3S. The van der Waals surface area contributed by atoms with Crippen molar-refractivity contribution in [3.8, 4) is 0 Å². The van der Waals surface area contributed by atoms with Gasteiger partial charge in [0.25, 0.3) is 0 Å². The van der Waals surface area contributed by atoms with Crippen LogP contribution in [0.1, 0.15) is 23.9 Å². The third-order valence-electron chi connectivity index (χ3n) is 2.82. The fourth-order valence-corrected chi connectivity index (χ4v) is 2.61. The molecule has 0 bridgehead atoms. The molecule has 17 heavy (non-hydrogen) atoms. The molecule has 7 heteroatoms. The number of nitrogens with zero attached hydrogens (tertiary/aromatic N) is 2. The van der Waals surface area contributed by atoms with Gasteiger partial charge in [0.2, 0.25) is 11.9 Å². The van der Waals surface area contributed by atoms with E-state index < -0.39 is 16.9 Å². The number of aryl methyl sites for hydroxylation is 2. The highest BCUT2D eigenvalue weighted by Crippen LogP contribution is 2.34. The van der Waals surface area contributed by atoms with E-state index in [2.05, 4.69) is 10.3 Å². The third-order valence-corrected chi connectivity index (χ3v) is 3.75. The van der Waals surface area contributed by atoms with E-state index in [9.17, 15) is 14.9 Å². The van der Waals surface area contributed by atoms with Crippen LogP contribution in [-0.2, 0) is 11.2 Å². The van der Waals surface area contributed by atoms with Crippen molar-refractivity contribution in [3.05, 3.63) is 20.7 Å². The second-order valence-electron chi connectivity index (χ2n) is 4.06. The minimum atomic E-state index is -0.707. The van der Waals surface area contributed by atoms with Gasteiger partial charge in [0, 0.05) is 16.2 Å². The Morgan fingerprint density at radius 2 is 2.41 bits per heavy atom. The summed E-state index contributed by atoms with van der Waals surface area (Å²) in [6.07, 6.45) is 1.16. The zero-order chi connectivity index (χ0) is 12.6. The minimum Gasteiger partial charge on any atom is -0.301 e. The van der Waals surface area contributed by atoms with Crippen LogP contribution in [-0.4, -0.2) is 21.9 Å². The van der Waals surface area contributed by atoms with Crippen molar-refractivity contribution >= 4 is 22.4 Å². The van der Waals surface area contributed by atoms with Gasteiger partial charge in [-0.2, -0.15) is 0 Å². The van der Waals surface area contributed by atoms with Gasteiger partial charge in [0.1, 0.15) is 5.92 Å². The number of nitro groups is 1. The molecule has 92 valence electrons. The Morgan fingerprint density at radius 3 is 2.88 bits per heavy atom. The van der Waals surface area contributed by atoms with Gasteiger partial charge in [-0.3, -0.25) is 14.9 Å². The summed E-state index contributed by atoms with van der Waals surface area (Å²) < 4.78 is 0. The van der Waals surface area contributed by atoms with E-state index in [4.69, 9.17) is 0 Å². The lowest BCUT2D eigenvalue weighted by atomic mass is 10.3. The molecule has 1 aromatic rings. The van der Waals surface area contributed by atoms with E-state index in [1.807, 2.05) is 13.8 Å². The SMILES string of the molecule is CCc1nc(NC(=O)[C@H]2C[C@H]2[N+](=O)[O-])sc1C. The van der Waals surface area contributed by atoms with E-state index in [0.29, 0.717) is 11.6 Å². The Bertz CT molecular complexity index is 471. The predicted molar refractivity (Wildman–Crippen MR) is 63.7 cm³/mol.